The van der Waals surface area contributed by atoms with Gasteiger partial charge in [0.05, 0.1) is 38.6 Å². The van der Waals surface area contributed by atoms with E-state index in [4.69, 9.17) is 28.4 Å². The number of hydrogen-bond acceptors (Lipinski definition) is 18. The smallest absolute Gasteiger partial charge is 0.220 e. The van der Waals surface area contributed by atoms with Crippen LogP contribution in [0.25, 0.3) is 0 Å². The Labute approximate surface area is 481 Å². The van der Waals surface area contributed by atoms with E-state index in [1.807, 2.05) is 0 Å². The third kappa shape index (κ3) is 28.3. The zero-order chi connectivity index (χ0) is 58.3. The number of unbranched alkanes of at least 4 members (excludes halogenated alkanes) is 33. The maximum absolute atomic E-state index is 13.3. The minimum Gasteiger partial charge on any atom is -0.394 e. The quantitative estimate of drug-likeness (QED) is 0.0280. The molecule has 19 heteroatoms. The number of aliphatic hydroxyl groups is 11. The average molecular weight is 1150 g/mol. The molecule has 3 fully saturated rings. The standard InChI is InChI=1S/C61H117NO18/c1-3-5-7-9-11-12-13-14-15-16-17-18-19-20-21-22-23-24-25-26-27-28-29-30-31-32-33-35-37-39-49(67)62-44(45(66)38-36-34-10-8-6-4-2)43-75-59-55(73)52(70)57(47(41-64)77-59)80-61-56(74)53(71)58(48(42-65)78-61)79-60-54(72)51(69)50(68)46(40-63)76-60/h44-48,50-61,63-66,68-74H,3-43H2,1-2H3,(H,62,67). The molecule has 3 rings (SSSR count). The second-order valence-electron chi connectivity index (χ2n) is 23.6. The molecule has 80 heavy (non-hydrogen) atoms. The van der Waals surface area contributed by atoms with Gasteiger partial charge >= 0.3 is 0 Å². The van der Waals surface area contributed by atoms with Crippen LogP contribution in [0.4, 0.5) is 0 Å². The van der Waals surface area contributed by atoms with Gasteiger partial charge in [0.1, 0.15) is 73.2 Å². The summed E-state index contributed by atoms with van der Waals surface area (Å²) in [4.78, 5) is 13.3. The molecule has 0 spiro atoms. The number of aliphatic hydroxyl groups excluding tert-OH is 11. The molecule has 0 aromatic rings. The molecule has 1 amide bonds. The van der Waals surface area contributed by atoms with Gasteiger partial charge in [-0.1, -0.05) is 232 Å². The highest BCUT2D eigenvalue weighted by Crippen LogP contribution is 2.33. The van der Waals surface area contributed by atoms with E-state index >= 15 is 0 Å². The Bertz CT molecular complexity index is 1470. The van der Waals surface area contributed by atoms with Crippen LogP contribution >= 0.6 is 0 Å². The fraction of sp³-hybridized carbons (Fsp3) is 0.984. The van der Waals surface area contributed by atoms with Crippen LogP contribution in [-0.4, -0.2) is 193 Å². The molecule has 0 aliphatic carbocycles. The number of carbonyl (C=O) groups excluding carboxylic acids is 1. The normalized spacial score (nSPS) is 29.9. The summed E-state index contributed by atoms with van der Waals surface area (Å²) < 4.78 is 34.2. The maximum Gasteiger partial charge on any atom is 0.220 e. The van der Waals surface area contributed by atoms with Gasteiger partial charge in [-0.2, -0.15) is 0 Å². The molecule has 0 bridgehead atoms. The van der Waals surface area contributed by atoms with Crippen molar-refractivity contribution < 1.29 is 89.4 Å². The Hall–Kier alpha value is -1.21. The maximum atomic E-state index is 13.3. The lowest BCUT2D eigenvalue weighted by Crippen LogP contribution is -2.66. The SMILES string of the molecule is CCCCCCCCCCCCCCCCCCCCCCCCCCCCCCCC(=O)NC(COC1OC(CO)C(OC2OC(CO)C(OC3OC(CO)C(O)C(O)C3O)C(O)C2O)C(O)C1O)C(O)CCCCCCCC. The fourth-order valence-electron chi connectivity index (χ4n) is 11.4. The summed E-state index contributed by atoms with van der Waals surface area (Å²) in [5, 5.41) is 120. The Balaban J connectivity index is 1.32. The summed E-state index contributed by atoms with van der Waals surface area (Å²) >= 11 is 0. The summed E-state index contributed by atoms with van der Waals surface area (Å²) in [6, 6.07) is -0.878. The highest BCUT2D eigenvalue weighted by molar-refractivity contribution is 5.76. The van der Waals surface area contributed by atoms with Crippen LogP contribution in [0.15, 0.2) is 0 Å². The number of rotatable bonds is 49. The van der Waals surface area contributed by atoms with E-state index in [1.165, 1.54) is 161 Å². The number of ether oxygens (including phenoxy) is 6. The monoisotopic (exact) mass is 1150 g/mol. The van der Waals surface area contributed by atoms with E-state index in [-0.39, 0.29) is 18.9 Å². The molecule has 0 aromatic heterocycles. The average Bonchev–Trinajstić information content (AvgIpc) is 3.45. The van der Waals surface area contributed by atoms with Gasteiger partial charge in [-0.3, -0.25) is 4.79 Å². The number of amides is 1. The van der Waals surface area contributed by atoms with Gasteiger partial charge in [0.25, 0.3) is 0 Å². The predicted molar refractivity (Wildman–Crippen MR) is 305 cm³/mol. The lowest BCUT2D eigenvalue weighted by atomic mass is 9.96. The van der Waals surface area contributed by atoms with Crippen LogP contribution in [0.1, 0.15) is 251 Å². The van der Waals surface area contributed by atoms with Crippen molar-refractivity contribution in [2.45, 2.75) is 356 Å². The molecule has 3 aliphatic heterocycles. The number of carbonyl (C=O) groups is 1. The van der Waals surface area contributed by atoms with Crippen molar-refractivity contribution in [3.05, 3.63) is 0 Å². The molecular weight excluding hydrogens is 1030 g/mol. The Morgan fingerprint density at radius 3 is 1.09 bits per heavy atom. The van der Waals surface area contributed by atoms with E-state index in [0.29, 0.717) is 12.8 Å². The lowest BCUT2D eigenvalue weighted by molar-refractivity contribution is -0.379. The van der Waals surface area contributed by atoms with Crippen LogP contribution < -0.4 is 5.32 Å². The largest absolute Gasteiger partial charge is 0.394 e. The van der Waals surface area contributed by atoms with E-state index in [2.05, 4.69) is 19.2 Å². The first-order valence-electron chi connectivity index (χ1n) is 32.3. The van der Waals surface area contributed by atoms with Crippen molar-refractivity contribution in [1.82, 2.24) is 5.32 Å². The van der Waals surface area contributed by atoms with E-state index in [0.717, 1.165) is 57.8 Å². The molecule has 474 valence electrons. The van der Waals surface area contributed by atoms with Crippen LogP contribution in [0.2, 0.25) is 0 Å². The van der Waals surface area contributed by atoms with E-state index < -0.39 is 124 Å². The van der Waals surface area contributed by atoms with Crippen molar-refractivity contribution in [3.63, 3.8) is 0 Å². The van der Waals surface area contributed by atoms with E-state index in [9.17, 15) is 61.0 Å². The van der Waals surface area contributed by atoms with Gasteiger partial charge in [-0.15, -0.1) is 0 Å². The zero-order valence-corrected chi connectivity index (χ0v) is 49.6. The fourth-order valence-corrected chi connectivity index (χ4v) is 11.4. The van der Waals surface area contributed by atoms with Crippen molar-refractivity contribution in [1.29, 1.82) is 0 Å². The summed E-state index contributed by atoms with van der Waals surface area (Å²) in [7, 11) is 0. The van der Waals surface area contributed by atoms with Crippen molar-refractivity contribution >= 4 is 5.91 Å². The topological polar surface area (TPSA) is 307 Å². The molecule has 0 saturated carbocycles. The van der Waals surface area contributed by atoms with Gasteiger partial charge in [-0.25, -0.2) is 0 Å². The van der Waals surface area contributed by atoms with E-state index in [1.54, 1.807) is 0 Å². The van der Waals surface area contributed by atoms with Gasteiger partial charge in [0.15, 0.2) is 18.9 Å². The van der Waals surface area contributed by atoms with Crippen LogP contribution in [0.5, 0.6) is 0 Å². The molecule has 17 atom stereocenters. The highest BCUT2D eigenvalue weighted by Gasteiger charge is 2.53. The van der Waals surface area contributed by atoms with Crippen molar-refractivity contribution in [3.8, 4) is 0 Å². The molecule has 12 N–H and O–H groups in total. The van der Waals surface area contributed by atoms with Crippen molar-refractivity contribution in [2.24, 2.45) is 0 Å². The summed E-state index contributed by atoms with van der Waals surface area (Å²) in [6.07, 6.45) is 18.5. The molecule has 3 heterocycles. The third-order valence-electron chi connectivity index (χ3n) is 16.7. The van der Waals surface area contributed by atoms with Gasteiger partial charge in [0, 0.05) is 6.42 Å². The van der Waals surface area contributed by atoms with Gasteiger partial charge in [0.2, 0.25) is 5.91 Å². The lowest BCUT2D eigenvalue weighted by Gasteiger charge is -2.48. The molecule has 3 saturated heterocycles. The van der Waals surface area contributed by atoms with Crippen LogP contribution in [0, 0.1) is 0 Å². The molecular formula is C61H117NO18. The predicted octanol–water partition coefficient (Wildman–Crippen LogP) is 6.77. The first kappa shape index (κ1) is 73.0. The summed E-state index contributed by atoms with van der Waals surface area (Å²) in [5.41, 5.74) is 0. The van der Waals surface area contributed by atoms with Gasteiger partial charge < -0.3 is 89.9 Å². The van der Waals surface area contributed by atoms with Crippen molar-refractivity contribution in [2.75, 3.05) is 26.4 Å². The molecule has 0 aromatic carbocycles. The molecule has 3 aliphatic rings. The first-order valence-corrected chi connectivity index (χ1v) is 32.3. The minimum atomic E-state index is -1.97. The van der Waals surface area contributed by atoms with Crippen LogP contribution in [0.3, 0.4) is 0 Å². The Morgan fingerprint density at radius 1 is 0.400 bits per heavy atom. The Kier molecular flexibility index (Phi) is 41.2. The Morgan fingerprint density at radius 2 is 0.713 bits per heavy atom. The molecule has 17 unspecified atom stereocenters. The zero-order valence-electron chi connectivity index (χ0n) is 49.6. The summed E-state index contributed by atoms with van der Waals surface area (Å²) in [5.74, 6) is -0.243. The number of hydrogen-bond donors (Lipinski definition) is 12. The van der Waals surface area contributed by atoms with Gasteiger partial charge in [-0.05, 0) is 12.8 Å². The highest BCUT2D eigenvalue weighted by atomic mass is 16.8. The summed E-state index contributed by atoms with van der Waals surface area (Å²) in [6.45, 7) is 1.73. The minimum absolute atomic E-state index is 0.243. The second-order valence-corrected chi connectivity index (χ2v) is 23.6. The third-order valence-corrected chi connectivity index (χ3v) is 16.7. The molecule has 19 nitrogen and oxygen atoms in total. The second kappa shape index (κ2) is 45.2. The van der Waals surface area contributed by atoms with Crippen LogP contribution in [-0.2, 0) is 33.2 Å². The molecule has 0 radical (unpaired) electrons. The first-order chi connectivity index (χ1) is 38.8. The number of nitrogens with one attached hydrogen (secondary N) is 1.